The van der Waals surface area contributed by atoms with Crippen LogP contribution in [0.1, 0.15) is 13.3 Å². The fourth-order valence-electron chi connectivity index (χ4n) is 0.449. The van der Waals surface area contributed by atoms with Crippen LogP contribution in [0.2, 0.25) is 0 Å². The molecule has 0 N–H and O–H groups in total. The molecule has 1 saturated carbocycles. The van der Waals surface area contributed by atoms with Crippen LogP contribution in [0.5, 0.6) is 0 Å². The third-order valence-corrected chi connectivity index (χ3v) is 3.31. The minimum absolute atomic E-state index is 0.0561. The highest BCUT2D eigenvalue weighted by Gasteiger charge is 2.48. The van der Waals surface area contributed by atoms with Gasteiger partial charge in [-0.1, -0.05) is 29.5 Å². The molecule has 0 aliphatic heterocycles. The predicted molar refractivity (Wildman–Crippen MR) is 36.6 cm³/mol. The van der Waals surface area contributed by atoms with Crippen LogP contribution in [-0.2, 0) is 4.79 Å². The summed E-state index contributed by atoms with van der Waals surface area (Å²) >= 11 is 2.30. The zero-order chi connectivity index (χ0) is 5.49. The van der Waals surface area contributed by atoms with E-state index in [1.807, 2.05) is 6.92 Å². The second-order valence-electron chi connectivity index (χ2n) is 2.30. The lowest BCUT2D eigenvalue weighted by atomic mass is 10.2. The number of carbonyl (C=O) groups is 1. The van der Waals surface area contributed by atoms with Gasteiger partial charge in [-0.15, -0.1) is 0 Å². The van der Waals surface area contributed by atoms with Gasteiger partial charge in [0.15, 0.2) is 0 Å². The standard InChI is InChI=1S/C5H7IO/c1-5(3-7)2-4(5)6/h3-4H,2H2,1H3. The summed E-state index contributed by atoms with van der Waals surface area (Å²) < 4.78 is 0.614. The molecule has 40 valence electrons. The Morgan fingerprint density at radius 1 is 2.00 bits per heavy atom. The number of carbonyl (C=O) groups excluding carboxylic acids is 1. The Balaban J connectivity index is 2.51. The molecule has 0 aromatic heterocycles. The smallest absolute Gasteiger partial charge is 0.126 e. The Hall–Kier alpha value is 0.400. The number of alkyl halides is 1. The molecule has 0 spiro atoms. The van der Waals surface area contributed by atoms with E-state index in [1.165, 1.54) is 0 Å². The van der Waals surface area contributed by atoms with Gasteiger partial charge < -0.3 is 4.79 Å². The Morgan fingerprint density at radius 2 is 2.43 bits per heavy atom. The molecular weight excluding hydrogens is 203 g/mol. The number of aldehydes is 1. The van der Waals surface area contributed by atoms with Gasteiger partial charge in [0, 0.05) is 9.34 Å². The third kappa shape index (κ3) is 0.806. The molecule has 1 rings (SSSR count). The van der Waals surface area contributed by atoms with Crippen molar-refractivity contribution in [1.29, 1.82) is 0 Å². The minimum Gasteiger partial charge on any atom is -0.303 e. The summed E-state index contributed by atoms with van der Waals surface area (Å²) in [4.78, 5) is 10.1. The summed E-state index contributed by atoms with van der Waals surface area (Å²) in [5.41, 5.74) is 0.0561. The molecule has 1 nitrogen and oxygen atoms in total. The van der Waals surface area contributed by atoms with Crippen molar-refractivity contribution < 1.29 is 4.79 Å². The van der Waals surface area contributed by atoms with Crippen LogP contribution in [0.25, 0.3) is 0 Å². The molecule has 1 aliphatic rings. The molecule has 0 aromatic carbocycles. The molecule has 0 aromatic rings. The van der Waals surface area contributed by atoms with Crippen LogP contribution < -0.4 is 0 Å². The number of halogens is 1. The highest BCUT2D eigenvalue weighted by atomic mass is 127. The molecule has 2 heteroatoms. The van der Waals surface area contributed by atoms with Crippen molar-refractivity contribution >= 4 is 28.9 Å². The van der Waals surface area contributed by atoms with Crippen LogP contribution in [0.15, 0.2) is 0 Å². The SMILES string of the molecule is CC1(C=O)CC1I. The molecule has 0 bridgehead atoms. The van der Waals surface area contributed by atoms with Crippen LogP contribution in [0.4, 0.5) is 0 Å². The summed E-state index contributed by atoms with van der Waals surface area (Å²) in [7, 11) is 0. The summed E-state index contributed by atoms with van der Waals surface area (Å²) in [6, 6.07) is 0. The van der Waals surface area contributed by atoms with Crippen LogP contribution in [0, 0.1) is 5.41 Å². The number of hydrogen-bond donors (Lipinski definition) is 0. The maximum absolute atomic E-state index is 10.1. The molecule has 1 aliphatic carbocycles. The lowest BCUT2D eigenvalue weighted by Gasteiger charge is -1.89. The molecule has 1 fully saturated rings. The first-order valence-corrected chi connectivity index (χ1v) is 3.54. The zero-order valence-corrected chi connectivity index (χ0v) is 6.31. The normalized spacial score (nSPS) is 48.6. The summed E-state index contributed by atoms with van der Waals surface area (Å²) in [5, 5.41) is 0. The molecule has 0 heterocycles. The van der Waals surface area contributed by atoms with Gasteiger partial charge in [0.1, 0.15) is 6.29 Å². The highest BCUT2D eigenvalue weighted by molar-refractivity contribution is 14.1. The quantitative estimate of drug-likeness (QED) is 0.363. The van der Waals surface area contributed by atoms with Gasteiger partial charge in [-0.25, -0.2) is 0 Å². The fraction of sp³-hybridized carbons (Fsp3) is 0.800. The Labute approximate surface area is 56.6 Å². The monoisotopic (exact) mass is 210 g/mol. The van der Waals surface area contributed by atoms with Crippen LogP contribution >= 0.6 is 22.6 Å². The van der Waals surface area contributed by atoms with E-state index in [9.17, 15) is 4.79 Å². The molecule has 0 saturated heterocycles. The van der Waals surface area contributed by atoms with E-state index < -0.39 is 0 Å². The van der Waals surface area contributed by atoms with Gasteiger partial charge in [0.05, 0.1) is 0 Å². The Morgan fingerprint density at radius 3 is 2.43 bits per heavy atom. The second kappa shape index (κ2) is 1.44. The maximum atomic E-state index is 10.1. The van der Waals surface area contributed by atoms with Crippen LogP contribution in [0.3, 0.4) is 0 Å². The molecular formula is C5H7IO. The molecule has 0 amide bonds. The van der Waals surface area contributed by atoms with E-state index in [0.29, 0.717) is 3.92 Å². The van der Waals surface area contributed by atoms with E-state index >= 15 is 0 Å². The number of rotatable bonds is 1. The molecule has 2 unspecified atom stereocenters. The topological polar surface area (TPSA) is 17.1 Å². The largest absolute Gasteiger partial charge is 0.303 e. The first-order chi connectivity index (χ1) is 3.19. The fourth-order valence-corrected chi connectivity index (χ4v) is 1.54. The average molecular weight is 210 g/mol. The van der Waals surface area contributed by atoms with E-state index in [-0.39, 0.29) is 5.41 Å². The lowest BCUT2D eigenvalue weighted by molar-refractivity contribution is -0.111. The van der Waals surface area contributed by atoms with E-state index in [4.69, 9.17) is 0 Å². The zero-order valence-electron chi connectivity index (χ0n) is 4.15. The van der Waals surface area contributed by atoms with E-state index in [2.05, 4.69) is 22.6 Å². The first-order valence-electron chi connectivity index (χ1n) is 2.29. The molecule has 7 heavy (non-hydrogen) atoms. The predicted octanol–water partition coefficient (Wildman–Crippen LogP) is 1.40. The molecule has 0 radical (unpaired) electrons. The summed E-state index contributed by atoms with van der Waals surface area (Å²) in [6.45, 7) is 2.00. The van der Waals surface area contributed by atoms with Gasteiger partial charge in [-0.2, -0.15) is 0 Å². The van der Waals surface area contributed by atoms with Crippen molar-refractivity contribution in [1.82, 2.24) is 0 Å². The minimum atomic E-state index is 0.0561. The summed E-state index contributed by atoms with van der Waals surface area (Å²) in [6.07, 6.45) is 2.14. The van der Waals surface area contributed by atoms with Crippen LogP contribution in [-0.4, -0.2) is 10.2 Å². The van der Waals surface area contributed by atoms with E-state index in [1.54, 1.807) is 0 Å². The third-order valence-electron chi connectivity index (χ3n) is 1.44. The number of hydrogen-bond acceptors (Lipinski definition) is 1. The van der Waals surface area contributed by atoms with Gasteiger partial charge in [0.2, 0.25) is 0 Å². The van der Waals surface area contributed by atoms with Crippen molar-refractivity contribution in [3.63, 3.8) is 0 Å². The highest BCUT2D eigenvalue weighted by Crippen LogP contribution is 2.49. The maximum Gasteiger partial charge on any atom is 0.126 e. The van der Waals surface area contributed by atoms with Crippen molar-refractivity contribution in [3.05, 3.63) is 0 Å². The van der Waals surface area contributed by atoms with Gasteiger partial charge in [-0.05, 0) is 6.42 Å². The van der Waals surface area contributed by atoms with Gasteiger partial charge >= 0.3 is 0 Å². The van der Waals surface area contributed by atoms with Gasteiger partial charge in [-0.3, -0.25) is 0 Å². The Bertz CT molecular complexity index is 102. The first kappa shape index (κ1) is 5.54. The summed E-state index contributed by atoms with van der Waals surface area (Å²) in [5.74, 6) is 0. The van der Waals surface area contributed by atoms with Crippen molar-refractivity contribution in [2.24, 2.45) is 5.41 Å². The van der Waals surface area contributed by atoms with Gasteiger partial charge in [0.25, 0.3) is 0 Å². The van der Waals surface area contributed by atoms with Crippen molar-refractivity contribution in [2.75, 3.05) is 0 Å². The average Bonchev–Trinajstić information content (AvgIpc) is 2.18. The van der Waals surface area contributed by atoms with Crippen molar-refractivity contribution in [2.45, 2.75) is 17.3 Å². The second-order valence-corrected chi connectivity index (χ2v) is 3.80. The van der Waals surface area contributed by atoms with Crippen molar-refractivity contribution in [3.8, 4) is 0 Å². The lowest BCUT2D eigenvalue weighted by Crippen LogP contribution is -1.96. The Kier molecular flexibility index (Phi) is 1.14. The molecule has 2 atom stereocenters. The van der Waals surface area contributed by atoms with E-state index in [0.717, 1.165) is 12.7 Å².